The molecule has 0 saturated carbocycles. The monoisotopic (exact) mass is 315 g/mol. The lowest BCUT2D eigenvalue weighted by Crippen LogP contribution is -2.13. The Kier molecular flexibility index (Phi) is 4.26. The van der Waals surface area contributed by atoms with E-state index in [4.69, 9.17) is 0 Å². The lowest BCUT2D eigenvalue weighted by molar-refractivity contribution is 0.191. The number of aliphatic hydroxyl groups is 1. The zero-order valence-corrected chi connectivity index (χ0v) is 13.2. The summed E-state index contributed by atoms with van der Waals surface area (Å²) >= 11 is 1.68. The topological polar surface area (TPSA) is 75.9 Å². The van der Waals surface area contributed by atoms with E-state index in [9.17, 15) is 5.11 Å². The second-order valence-corrected chi connectivity index (χ2v) is 5.80. The Morgan fingerprint density at radius 1 is 1.23 bits per heavy atom. The van der Waals surface area contributed by atoms with E-state index in [1.165, 1.54) is 11.2 Å². The lowest BCUT2D eigenvalue weighted by Gasteiger charge is -2.13. The van der Waals surface area contributed by atoms with Crippen LogP contribution in [0.15, 0.2) is 41.8 Å². The second-order valence-electron chi connectivity index (χ2n) is 4.92. The predicted octanol–water partition coefficient (Wildman–Crippen LogP) is 2.23. The van der Waals surface area contributed by atoms with Crippen molar-refractivity contribution in [1.29, 1.82) is 0 Å². The largest absolute Gasteiger partial charge is 0.387 e. The first-order chi connectivity index (χ1) is 10.7. The Hall–Kier alpha value is -2.12. The van der Waals surface area contributed by atoms with Crippen LogP contribution < -0.4 is 5.32 Å². The summed E-state index contributed by atoms with van der Waals surface area (Å²) in [4.78, 5) is 13.8. The van der Waals surface area contributed by atoms with Gasteiger partial charge < -0.3 is 15.0 Å². The van der Waals surface area contributed by atoms with Crippen LogP contribution in [-0.4, -0.2) is 37.4 Å². The van der Waals surface area contributed by atoms with E-state index in [0.717, 1.165) is 11.2 Å². The van der Waals surface area contributed by atoms with E-state index in [0.29, 0.717) is 17.9 Å². The minimum Gasteiger partial charge on any atom is -0.387 e. The summed E-state index contributed by atoms with van der Waals surface area (Å²) in [5.74, 6) is 0.630. The molecule has 3 rings (SSSR count). The van der Waals surface area contributed by atoms with Crippen LogP contribution in [-0.2, 0) is 7.05 Å². The molecule has 114 valence electrons. The summed E-state index contributed by atoms with van der Waals surface area (Å²) < 4.78 is 1.83. The van der Waals surface area contributed by atoms with E-state index in [1.54, 1.807) is 18.1 Å². The average Bonchev–Trinajstić information content (AvgIpc) is 2.95. The highest BCUT2D eigenvalue weighted by Gasteiger charge is 2.11. The molecule has 2 heterocycles. The van der Waals surface area contributed by atoms with Gasteiger partial charge in [-0.05, 0) is 24.0 Å². The average molecular weight is 315 g/mol. The summed E-state index contributed by atoms with van der Waals surface area (Å²) in [6.45, 7) is 0.362. The highest BCUT2D eigenvalue weighted by molar-refractivity contribution is 7.98. The number of imidazole rings is 1. The first kappa shape index (κ1) is 14.8. The number of nitrogens with one attached hydrogen (secondary N) is 1. The number of hydrogen-bond acceptors (Lipinski definition) is 6. The van der Waals surface area contributed by atoms with Gasteiger partial charge in [0.15, 0.2) is 11.5 Å². The molecule has 0 aliphatic heterocycles. The number of anilines is 1. The first-order valence-electron chi connectivity index (χ1n) is 6.87. The van der Waals surface area contributed by atoms with E-state index >= 15 is 0 Å². The van der Waals surface area contributed by atoms with Crippen LogP contribution in [0.1, 0.15) is 11.7 Å². The molecule has 0 radical (unpaired) electrons. The van der Waals surface area contributed by atoms with Gasteiger partial charge in [-0.25, -0.2) is 15.0 Å². The van der Waals surface area contributed by atoms with Crippen LogP contribution >= 0.6 is 11.8 Å². The smallest absolute Gasteiger partial charge is 0.165 e. The van der Waals surface area contributed by atoms with Crippen LogP contribution in [0, 0.1) is 0 Å². The Morgan fingerprint density at radius 3 is 2.73 bits per heavy atom. The molecule has 1 unspecified atom stereocenters. The van der Waals surface area contributed by atoms with Gasteiger partial charge in [0, 0.05) is 18.5 Å². The van der Waals surface area contributed by atoms with Gasteiger partial charge in [0.2, 0.25) is 0 Å². The van der Waals surface area contributed by atoms with Gasteiger partial charge >= 0.3 is 0 Å². The van der Waals surface area contributed by atoms with Crippen molar-refractivity contribution in [3.63, 3.8) is 0 Å². The quantitative estimate of drug-likeness (QED) is 0.703. The molecule has 1 aromatic carbocycles. The van der Waals surface area contributed by atoms with E-state index in [1.807, 2.05) is 42.1 Å². The number of aromatic nitrogens is 4. The van der Waals surface area contributed by atoms with Crippen LogP contribution in [0.5, 0.6) is 0 Å². The lowest BCUT2D eigenvalue weighted by atomic mass is 10.1. The van der Waals surface area contributed by atoms with E-state index < -0.39 is 6.10 Å². The number of hydrogen-bond donors (Lipinski definition) is 2. The fourth-order valence-corrected chi connectivity index (χ4v) is 2.62. The zero-order valence-electron chi connectivity index (χ0n) is 12.4. The maximum absolute atomic E-state index is 10.3. The van der Waals surface area contributed by atoms with Crippen LogP contribution in [0.25, 0.3) is 11.2 Å². The standard InChI is InChI=1S/C15H17N5OS/c1-20-9-19-13-14(17-8-18-15(13)20)16-7-12(21)10-3-5-11(22-2)6-4-10/h3-6,8-9,12,21H,7H2,1-2H3,(H,16,17,18). The number of aryl methyl sites for hydroxylation is 1. The Balaban J connectivity index is 1.72. The minimum atomic E-state index is -0.607. The molecule has 2 aromatic heterocycles. The number of nitrogens with zero attached hydrogens (tertiary/aromatic N) is 4. The molecule has 0 fully saturated rings. The number of aliphatic hydroxyl groups excluding tert-OH is 1. The molecular formula is C15H17N5OS. The van der Waals surface area contributed by atoms with Crippen LogP contribution in [0.4, 0.5) is 5.82 Å². The van der Waals surface area contributed by atoms with Crippen molar-refractivity contribution in [2.45, 2.75) is 11.0 Å². The Bertz CT molecular complexity index is 771. The third-order valence-electron chi connectivity index (χ3n) is 3.46. The summed E-state index contributed by atoms with van der Waals surface area (Å²) in [6.07, 6.45) is 4.61. The Morgan fingerprint density at radius 2 is 2.00 bits per heavy atom. The number of rotatable bonds is 5. The van der Waals surface area contributed by atoms with Crippen LogP contribution in [0.3, 0.4) is 0 Å². The SMILES string of the molecule is CSc1ccc(C(O)CNc2ncnc3c2ncn3C)cc1. The van der Waals surface area contributed by atoms with Crippen molar-refractivity contribution in [2.75, 3.05) is 18.1 Å². The molecule has 0 spiro atoms. The molecule has 6 nitrogen and oxygen atoms in total. The first-order valence-corrected chi connectivity index (χ1v) is 8.09. The van der Waals surface area contributed by atoms with E-state index in [2.05, 4.69) is 20.3 Å². The Labute approximate surface area is 132 Å². The van der Waals surface area contributed by atoms with Gasteiger partial charge in [-0.1, -0.05) is 12.1 Å². The molecule has 7 heteroatoms. The van der Waals surface area contributed by atoms with Crippen molar-refractivity contribution in [1.82, 2.24) is 19.5 Å². The molecule has 3 aromatic rings. The number of fused-ring (bicyclic) bond motifs is 1. The van der Waals surface area contributed by atoms with Gasteiger partial charge in [-0.3, -0.25) is 0 Å². The molecule has 22 heavy (non-hydrogen) atoms. The normalized spacial score (nSPS) is 12.5. The van der Waals surface area contributed by atoms with Gasteiger partial charge in [0.1, 0.15) is 11.8 Å². The summed E-state index contributed by atoms with van der Waals surface area (Å²) in [6, 6.07) is 7.89. The van der Waals surface area contributed by atoms with Crippen molar-refractivity contribution < 1.29 is 5.11 Å². The van der Waals surface area contributed by atoms with Gasteiger partial charge in [-0.2, -0.15) is 0 Å². The van der Waals surface area contributed by atoms with Gasteiger partial charge in [0.05, 0.1) is 12.4 Å². The molecule has 0 aliphatic carbocycles. The van der Waals surface area contributed by atoms with Gasteiger partial charge in [0.25, 0.3) is 0 Å². The highest BCUT2D eigenvalue weighted by Crippen LogP contribution is 2.21. The highest BCUT2D eigenvalue weighted by atomic mass is 32.2. The number of benzene rings is 1. The van der Waals surface area contributed by atoms with Crippen molar-refractivity contribution in [3.8, 4) is 0 Å². The summed E-state index contributed by atoms with van der Waals surface area (Å²) in [5.41, 5.74) is 2.34. The molecule has 0 saturated heterocycles. The zero-order chi connectivity index (χ0) is 15.5. The third kappa shape index (κ3) is 2.90. The van der Waals surface area contributed by atoms with Crippen molar-refractivity contribution >= 4 is 28.7 Å². The minimum absolute atomic E-state index is 0.362. The molecule has 1 atom stereocenters. The molecule has 0 amide bonds. The molecule has 2 N–H and O–H groups in total. The fraction of sp³-hybridized carbons (Fsp3) is 0.267. The summed E-state index contributed by atoms with van der Waals surface area (Å²) in [5, 5.41) is 13.4. The molecule has 0 bridgehead atoms. The van der Waals surface area contributed by atoms with Crippen molar-refractivity contribution in [2.24, 2.45) is 7.05 Å². The van der Waals surface area contributed by atoms with E-state index in [-0.39, 0.29) is 0 Å². The summed E-state index contributed by atoms with van der Waals surface area (Å²) in [7, 11) is 1.88. The number of thioether (sulfide) groups is 1. The van der Waals surface area contributed by atoms with Crippen molar-refractivity contribution in [3.05, 3.63) is 42.5 Å². The third-order valence-corrected chi connectivity index (χ3v) is 4.20. The van der Waals surface area contributed by atoms with Crippen LogP contribution in [0.2, 0.25) is 0 Å². The molecule has 0 aliphatic rings. The fourth-order valence-electron chi connectivity index (χ4n) is 2.21. The maximum Gasteiger partial charge on any atom is 0.165 e. The maximum atomic E-state index is 10.3. The molecular weight excluding hydrogens is 298 g/mol. The predicted molar refractivity (Wildman–Crippen MR) is 88.0 cm³/mol. The van der Waals surface area contributed by atoms with Gasteiger partial charge in [-0.15, -0.1) is 11.8 Å². The second kappa shape index (κ2) is 6.33.